The lowest BCUT2D eigenvalue weighted by molar-refractivity contribution is 0.789. The number of pyridine rings is 1. The molecule has 0 radical (unpaired) electrons. The number of allylic oxidation sites excluding steroid dienone is 3. The fourth-order valence-electron chi connectivity index (χ4n) is 1.87. The van der Waals surface area contributed by atoms with Crippen molar-refractivity contribution in [3.8, 4) is 0 Å². The van der Waals surface area contributed by atoms with Crippen LogP contribution in [0.25, 0.3) is 0 Å². The standard InChI is InChI=1S/C15H19NS/c1-13-3-8-15(2,9-4-13)17-12-7-14-5-10-16-11-6-14/h3-6,8,10-11H,7,9,12H2,1-2H3. The lowest BCUT2D eigenvalue weighted by atomic mass is 9.98. The van der Waals surface area contributed by atoms with Gasteiger partial charge in [-0.05, 0) is 50.1 Å². The summed E-state index contributed by atoms with van der Waals surface area (Å²) in [6.07, 6.45) is 12.9. The van der Waals surface area contributed by atoms with E-state index in [4.69, 9.17) is 0 Å². The van der Waals surface area contributed by atoms with Crippen molar-refractivity contribution in [1.82, 2.24) is 4.98 Å². The molecule has 90 valence electrons. The highest BCUT2D eigenvalue weighted by Crippen LogP contribution is 2.34. The summed E-state index contributed by atoms with van der Waals surface area (Å²) in [5.74, 6) is 1.16. The Bertz CT molecular complexity index is 422. The second-order valence-electron chi connectivity index (χ2n) is 4.75. The van der Waals surface area contributed by atoms with Crippen LogP contribution in [0.5, 0.6) is 0 Å². The number of hydrogen-bond donors (Lipinski definition) is 0. The van der Waals surface area contributed by atoms with Gasteiger partial charge in [0, 0.05) is 17.1 Å². The van der Waals surface area contributed by atoms with Crippen molar-refractivity contribution in [2.75, 3.05) is 5.75 Å². The summed E-state index contributed by atoms with van der Waals surface area (Å²) < 4.78 is 0.284. The Kier molecular flexibility index (Phi) is 4.06. The SMILES string of the molecule is CC1=CCC(C)(SCCc2ccncc2)C=C1. The molecule has 0 aromatic carbocycles. The van der Waals surface area contributed by atoms with Crippen molar-refractivity contribution in [1.29, 1.82) is 0 Å². The number of aromatic nitrogens is 1. The van der Waals surface area contributed by atoms with Crippen LogP contribution in [0.15, 0.2) is 48.3 Å². The van der Waals surface area contributed by atoms with Gasteiger partial charge < -0.3 is 0 Å². The largest absolute Gasteiger partial charge is 0.265 e. The summed E-state index contributed by atoms with van der Waals surface area (Å²) >= 11 is 2.04. The van der Waals surface area contributed by atoms with Crippen LogP contribution in [-0.4, -0.2) is 15.5 Å². The van der Waals surface area contributed by atoms with Gasteiger partial charge in [0.25, 0.3) is 0 Å². The molecule has 1 aliphatic carbocycles. The molecule has 0 aliphatic heterocycles. The highest BCUT2D eigenvalue weighted by Gasteiger charge is 2.21. The van der Waals surface area contributed by atoms with Gasteiger partial charge in [0.2, 0.25) is 0 Å². The van der Waals surface area contributed by atoms with Gasteiger partial charge in [0.1, 0.15) is 0 Å². The number of hydrogen-bond acceptors (Lipinski definition) is 2. The number of nitrogens with zero attached hydrogens (tertiary/aromatic N) is 1. The minimum absolute atomic E-state index is 0.284. The molecule has 1 nitrogen and oxygen atoms in total. The zero-order valence-corrected chi connectivity index (χ0v) is 11.3. The first-order chi connectivity index (χ1) is 8.18. The third-order valence-electron chi connectivity index (χ3n) is 3.10. The molecule has 0 N–H and O–H groups in total. The predicted molar refractivity (Wildman–Crippen MR) is 76.3 cm³/mol. The maximum Gasteiger partial charge on any atom is 0.0348 e. The van der Waals surface area contributed by atoms with Crippen LogP contribution < -0.4 is 0 Å². The van der Waals surface area contributed by atoms with E-state index in [1.807, 2.05) is 24.2 Å². The summed E-state index contributed by atoms with van der Waals surface area (Å²) in [4.78, 5) is 4.04. The smallest absolute Gasteiger partial charge is 0.0348 e. The van der Waals surface area contributed by atoms with Gasteiger partial charge >= 0.3 is 0 Å². The normalized spacial score (nSPS) is 23.5. The Morgan fingerprint density at radius 2 is 2.12 bits per heavy atom. The van der Waals surface area contributed by atoms with E-state index < -0.39 is 0 Å². The van der Waals surface area contributed by atoms with Gasteiger partial charge in [-0.1, -0.05) is 23.8 Å². The highest BCUT2D eigenvalue weighted by atomic mass is 32.2. The quantitative estimate of drug-likeness (QED) is 0.794. The van der Waals surface area contributed by atoms with Crippen molar-refractivity contribution in [2.24, 2.45) is 0 Å². The minimum atomic E-state index is 0.284. The molecule has 0 bridgehead atoms. The second kappa shape index (κ2) is 5.54. The molecule has 2 heteroatoms. The molecule has 0 fully saturated rings. The first-order valence-corrected chi connectivity index (χ1v) is 7.05. The molecular formula is C15H19NS. The zero-order valence-electron chi connectivity index (χ0n) is 10.5. The van der Waals surface area contributed by atoms with E-state index in [0.29, 0.717) is 0 Å². The second-order valence-corrected chi connectivity index (χ2v) is 6.38. The first-order valence-electron chi connectivity index (χ1n) is 6.07. The monoisotopic (exact) mass is 245 g/mol. The summed E-state index contributed by atoms with van der Waals surface area (Å²) in [5.41, 5.74) is 2.76. The Hall–Kier alpha value is -1.02. The molecule has 1 aromatic rings. The number of aryl methyl sites for hydroxylation is 1. The molecule has 2 rings (SSSR count). The van der Waals surface area contributed by atoms with E-state index >= 15 is 0 Å². The molecule has 0 spiro atoms. The lowest BCUT2D eigenvalue weighted by Crippen LogP contribution is -2.19. The molecule has 1 atom stereocenters. The van der Waals surface area contributed by atoms with E-state index in [-0.39, 0.29) is 4.75 Å². The minimum Gasteiger partial charge on any atom is -0.265 e. The van der Waals surface area contributed by atoms with E-state index in [2.05, 4.69) is 49.2 Å². The van der Waals surface area contributed by atoms with Crippen LogP contribution in [0.2, 0.25) is 0 Å². The molecule has 1 heterocycles. The van der Waals surface area contributed by atoms with Crippen LogP contribution in [-0.2, 0) is 6.42 Å². The number of rotatable bonds is 4. The van der Waals surface area contributed by atoms with Crippen molar-refractivity contribution < 1.29 is 0 Å². The van der Waals surface area contributed by atoms with Gasteiger partial charge in [-0.2, -0.15) is 11.8 Å². The van der Waals surface area contributed by atoms with Crippen LogP contribution >= 0.6 is 11.8 Å². The summed E-state index contributed by atoms with van der Waals surface area (Å²) in [5, 5.41) is 0. The Balaban J connectivity index is 1.81. The highest BCUT2D eigenvalue weighted by molar-refractivity contribution is 8.00. The van der Waals surface area contributed by atoms with Crippen molar-refractivity contribution in [3.63, 3.8) is 0 Å². The maximum absolute atomic E-state index is 4.04. The predicted octanol–water partition coefficient (Wildman–Crippen LogP) is 4.02. The van der Waals surface area contributed by atoms with Crippen LogP contribution in [0, 0.1) is 0 Å². The third-order valence-corrected chi connectivity index (χ3v) is 4.47. The molecule has 0 saturated carbocycles. The Morgan fingerprint density at radius 3 is 2.76 bits per heavy atom. The molecule has 0 saturated heterocycles. The molecule has 0 amide bonds. The Labute approximate surface area is 108 Å². The summed E-state index contributed by atoms with van der Waals surface area (Å²) in [7, 11) is 0. The summed E-state index contributed by atoms with van der Waals surface area (Å²) in [6.45, 7) is 4.49. The van der Waals surface area contributed by atoms with E-state index in [0.717, 1.165) is 18.6 Å². The van der Waals surface area contributed by atoms with Gasteiger partial charge in [-0.25, -0.2) is 0 Å². The van der Waals surface area contributed by atoms with E-state index in [1.54, 1.807) is 0 Å². The topological polar surface area (TPSA) is 12.9 Å². The fourth-order valence-corrected chi connectivity index (χ4v) is 3.04. The molecule has 1 aromatic heterocycles. The molecule has 1 aliphatic rings. The van der Waals surface area contributed by atoms with Gasteiger partial charge in [-0.3, -0.25) is 4.98 Å². The van der Waals surface area contributed by atoms with Crippen LogP contribution in [0.3, 0.4) is 0 Å². The lowest BCUT2D eigenvalue weighted by Gasteiger charge is -2.27. The third kappa shape index (κ3) is 3.74. The van der Waals surface area contributed by atoms with E-state index in [1.165, 1.54) is 11.1 Å². The van der Waals surface area contributed by atoms with E-state index in [9.17, 15) is 0 Å². The average molecular weight is 245 g/mol. The summed E-state index contributed by atoms with van der Waals surface area (Å²) in [6, 6.07) is 4.20. The van der Waals surface area contributed by atoms with Gasteiger partial charge in [0.15, 0.2) is 0 Å². The van der Waals surface area contributed by atoms with Gasteiger partial charge in [0.05, 0.1) is 0 Å². The van der Waals surface area contributed by atoms with Crippen molar-refractivity contribution in [3.05, 3.63) is 53.9 Å². The average Bonchev–Trinajstić information content (AvgIpc) is 2.35. The van der Waals surface area contributed by atoms with Crippen molar-refractivity contribution >= 4 is 11.8 Å². The maximum atomic E-state index is 4.04. The number of thioether (sulfide) groups is 1. The molecular weight excluding hydrogens is 226 g/mol. The first kappa shape index (κ1) is 12.4. The van der Waals surface area contributed by atoms with Crippen molar-refractivity contribution in [2.45, 2.75) is 31.4 Å². The molecule has 17 heavy (non-hydrogen) atoms. The van der Waals surface area contributed by atoms with Crippen LogP contribution in [0.4, 0.5) is 0 Å². The van der Waals surface area contributed by atoms with Crippen LogP contribution in [0.1, 0.15) is 25.8 Å². The fraction of sp³-hybridized carbons (Fsp3) is 0.400. The molecule has 1 unspecified atom stereocenters. The zero-order chi connectivity index (χ0) is 12.1. The Morgan fingerprint density at radius 1 is 1.35 bits per heavy atom. The van der Waals surface area contributed by atoms with Gasteiger partial charge in [-0.15, -0.1) is 0 Å².